The Morgan fingerprint density at radius 1 is 1.40 bits per heavy atom. The molecule has 0 aliphatic carbocycles. The molecule has 1 unspecified atom stereocenters. The zero-order valence-corrected chi connectivity index (χ0v) is 12.4. The standard InChI is InChI=1S/C14H18ClF2NO2/c1-8(2)6-14(3,20)7-18-13(19)9-4-12(17)10(15)5-11(9)16/h4-5,8,20H,6-7H2,1-3H3,(H,18,19). The normalized spacial score (nSPS) is 14.2. The molecule has 0 aliphatic heterocycles. The Morgan fingerprint density at radius 2 is 2.00 bits per heavy atom. The van der Waals surface area contributed by atoms with Crippen LogP contribution in [0.25, 0.3) is 0 Å². The molecular formula is C14H18ClF2NO2. The lowest BCUT2D eigenvalue weighted by molar-refractivity contribution is 0.0367. The number of hydrogen-bond donors (Lipinski definition) is 2. The smallest absolute Gasteiger partial charge is 0.254 e. The Kier molecular flexibility index (Phi) is 5.48. The Labute approximate surface area is 121 Å². The van der Waals surface area contributed by atoms with Gasteiger partial charge in [-0.3, -0.25) is 4.79 Å². The van der Waals surface area contributed by atoms with E-state index in [1.54, 1.807) is 6.92 Å². The predicted molar refractivity (Wildman–Crippen MR) is 73.8 cm³/mol. The van der Waals surface area contributed by atoms with Gasteiger partial charge in [-0.1, -0.05) is 25.4 Å². The van der Waals surface area contributed by atoms with Gasteiger partial charge in [0, 0.05) is 6.54 Å². The molecule has 3 nitrogen and oxygen atoms in total. The number of benzene rings is 1. The van der Waals surface area contributed by atoms with E-state index in [1.807, 2.05) is 13.8 Å². The van der Waals surface area contributed by atoms with Crippen molar-refractivity contribution in [3.63, 3.8) is 0 Å². The number of nitrogens with one attached hydrogen (secondary N) is 1. The van der Waals surface area contributed by atoms with Gasteiger partial charge < -0.3 is 10.4 Å². The van der Waals surface area contributed by atoms with Gasteiger partial charge in [0.25, 0.3) is 5.91 Å². The number of halogens is 3. The Balaban J connectivity index is 2.75. The molecule has 0 aromatic heterocycles. The van der Waals surface area contributed by atoms with Crippen LogP contribution in [0.2, 0.25) is 5.02 Å². The molecule has 1 aromatic carbocycles. The van der Waals surface area contributed by atoms with E-state index >= 15 is 0 Å². The molecule has 0 bridgehead atoms. The van der Waals surface area contributed by atoms with Crippen LogP contribution in [-0.2, 0) is 0 Å². The topological polar surface area (TPSA) is 49.3 Å². The number of carbonyl (C=O) groups is 1. The molecule has 6 heteroatoms. The van der Waals surface area contributed by atoms with E-state index in [1.165, 1.54) is 0 Å². The average molecular weight is 306 g/mol. The van der Waals surface area contributed by atoms with Gasteiger partial charge in [-0.15, -0.1) is 0 Å². The molecule has 0 fully saturated rings. The van der Waals surface area contributed by atoms with Gasteiger partial charge in [0.05, 0.1) is 16.2 Å². The van der Waals surface area contributed by atoms with Crippen molar-refractivity contribution in [2.75, 3.05) is 6.54 Å². The van der Waals surface area contributed by atoms with E-state index < -0.39 is 28.7 Å². The quantitative estimate of drug-likeness (QED) is 0.821. The monoisotopic (exact) mass is 305 g/mol. The molecule has 1 rings (SSSR count). The van der Waals surface area contributed by atoms with Crippen molar-refractivity contribution in [2.45, 2.75) is 32.8 Å². The fourth-order valence-electron chi connectivity index (χ4n) is 2.01. The summed E-state index contributed by atoms with van der Waals surface area (Å²) < 4.78 is 26.8. The van der Waals surface area contributed by atoms with Crippen LogP contribution < -0.4 is 5.32 Å². The molecule has 112 valence electrons. The van der Waals surface area contributed by atoms with Gasteiger partial charge in [0.15, 0.2) is 0 Å². The van der Waals surface area contributed by atoms with Crippen LogP contribution >= 0.6 is 11.6 Å². The fraction of sp³-hybridized carbons (Fsp3) is 0.500. The molecule has 0 saturated carbocycles. The van der Waals surface area contributed by atoms with Gasteiger partial charge in [-0.2, -0.15) is 0 Å². The molecule has 0 spiro atoms. The zero-order valence-electron chi connectivity index (χ0n) is 11.6. The number of amides is 1. The summed E-state index contributed by atoms with van der Waals surface area (Å²) in [6.45, 7) is 5.40. The lowest BCUT2D eigenvalue weighted by Gasteiger charge is -2.25. The lowest BCUT2D eigenvalue weighted by Crippen LogP contribution is -2.41. The molecule has 2 N–H and O–H groups in total. The molecule has 1 amide bonds. The second-order valence-electron chi connectivity index (χ2n) is 5.52. The Hall–Kier alpha value is -1.20. The SMILES string of the molecule is CC(C)CC(C)(O)CNC(=O)c1cc(F)c(Cl)cc1F. The summed E-state index contributed by atoms with van der Waals surface area (Å²) in [5.41, 5.74) is -1.54. The highest BCUT2D eigenvalue weighted by Gasteiger charge is 2.24. The summed E-state index contributed by atoms with van der Waals surface area (Å²) in [5.74, 6) is -2.32. The van der Waals surface area contributed by atoms with Crippen molar-refractivity contribution >= 4 is 17.5 Å². The van der Waals surface area contributed by atoms with E-state index in [0.29, 0.717) is 6.42 Å². The van der Waals surface area contributed by atoms with Crippen molar-refractivity contribution in [1.29, 1.82) is 0 Å². The van der Waals surface area contributed by atoms with E-state index in [9.17, 15) is 18.7 Å². The van der Waals surface area contributed by atoms with Gasteiger partial charge in [0.2, 0.25) is 0 Å². The van der Waals surface area contributed by atoms with Gasteiger partial charge in [-0.05, 0) is 31.4 Å². The van der Waals surface area contributed by atoms with Gasteiger partial charge >= 0.3 is 0 Å². The highest BCUT2D eigenvalue weighted by Crippen LogP contribution is 2.20. The molecule has 0 radical (unpaired) electrons. The minimum atomic E-state index is -1.11. The van der Waals surface area contributed by atoms with Crippen molar-refractivity contribution in [3.8, 4) is 0 Å². The van der Waals surface area contributed by atoms with Crippen LogP contribution in [0.3, 0.4) is 0 Å². The second kappa shape index (κ2) is 6.50. The zero-order chi connectivity index (χ0) is 15.5. The first-order chi connectivity index (χ1) is 9.12. The van der Waals surface area contributed by atoms with Gasteiger partial charge in [-0.25, -0.2) is 8.78 Å². The summed E-state index contributed by atoms with van der Waals surface area (Å²) in [5, 5.41) is 12.1. The highest BCUT2D eigenvalue weighted by atomic mass is 35.5. The lowest BCUT2D eigenvalue weighted by atomic mass is 9.94. The van der Waals surface area contributed by atoms with Crippen LogP contribution in [0.1, 0.15) is 37.6 Å². The summed E-state index contributed by atoms with van der Waals surface area (Å²) >= 11 is 5.41. The van der Waals surface area contributed by atoms with Crippen molar-refractivity contribution in [3.05, 3.63) is 34.4 Å². The van der Waals surface area contributed by atoms with E-state index in [-0.39, 0.29) is 17.5 Å². The summed E-state index contributed by atoms with van der Waals surface area (Å²) in [4.78, 5) is 11.8. The van der Waals surface area contributed by atoms with Crippen molar-refractivity contribution in [2.24, 2.45) is 5.92 Å². The Bertz CT molecular complexity index is 504. The van der Waals surface area contributed by atoms with Crippen LogP contribution in [-0.4, -0.2) is 23.2 Å². The third kappa shape index (κ3) is 4.72. The van der Waals surface area contributed by atoms with Crippen LogP contribution in [0.15, 0.2) is 12.1 Å². The maximum Gasteiger partial charge on any atom is 0.254 e. The molecule has 1 atom stereocenters. The molecule has 20 heavy (non-hydrogen) atoms. The van der Waals surface area contributed by atoms with E-state index in [4.69, 9.17) is 11.6 Å². The molecule has 1 aromatic rings. The van der Waals surface area contributed by atoms with Gasteiger partial charge in [0.1, 0.15) is 11.6 Å². The fourth-order valence-corrected chi connectivity index (χ4v) is 2.16. The molecule has 0 heterocycles. The number of hydrogen-bond acceptors (Lipinski definition) is 2. The minimum absolute atomic E-state index is 0.0479. The minimum Gasteiger partial charge on any atom is -0.388 e. The first-order valence-corrected chi connectivity index (χ1v) is 6.65. The Morgan fingerprint density at radius 3 is 2.55 bits per heavy atom. The van der Waals surface area contributed by atoms with Crippen molar-refractivity contribution < 1.29 is 18.7 Å². The third-order valence-corrected chi connectivity index (χ3v) is 3.02. The maximum absolute atomic E-state index is 13.5. The number of carbonyl (C=O) groups excluding carboxylic acids is 1. The summed E-state index contributed by atoms with van der Waals surface area (Å²) in [6.07, 6.45) is 0.477. The predicted octanol–water partition coefficient (Wildman–Crippen LogP) is 3.15. The largest absolute Gasteiger partial charge is 0.388 e. The third-order valence-electron chi connectivity index (χ3n) is 2.73. The number of rotatable bonds is 5. The van der Waals surface area contributed by atoms with Crippen LogP contribution in [0.5, 0.6) is 0 Å². The average Bonchev–Trinajstić information content (AvgIpc) is 2.29. The van der Waals surface area contributed by atoms with Crippen LogP contribution in [0, 0.1) is 17.6 Å². The number of aliphatic hydroxyl groups is 1. The maximum atomic E-state index is 13.5. The van der Waals surface area contributed by atoms with Crippen molar-refractivity contribution in [1.82, 2.24) is 5.32 Å². The highest BCUT2D eigenvalue weighted by molar-refractivity contribution is 6.30. The summed E-state index contributed by atoms with van der Waals surface area (Å²) in [6, 6.07) is 1.49. The second-order valence-corrected chi connectivity index (χ2v) is 5.93. The molecule has 0 aliphatic rings. The molecular weight excluding hydrogens is 288 g/mol. The van der Waals surface area contributed by atoms with Crippen LogP contribution in [0.4, 0.5) is 8.78 Å². The van der Waals surface area contributed by atoms with E-state index in [2.05, 4.69) is 5.32 Å². The first kappa shape index (κ1) is 16.9. The summed E-state index contributed by atoms with van der Waals surface area (Å²) in [7, 11) is 0. The molecule has 0 saturated heterocycles. The van der Waals surface area contributed by atoms with E-state index in [0.717, 1.165) is 12.1 Å². The first-order valence-electron chi connectivity index (χ1n) is 6.27.